The van der Waals surface area contributed by atoms with Gasteiger partial charge in [-0.3, -0.25) is 0 Å². The molecule has 1 aromatic heterocycles. The zero-order valence-corrected chi connectivity index (χ0v) is 11.1. The molecule has 96 valence electrons. The van der Waals surface area contributed by atoms with Crippen LogP contribution < -0.4 is 10.6 Å². The Morgan fingerprint density at radius 2 is 2.17 bits per heavy atom. The number of hydrogen-bond donors (Lipinski definition) is 1. The van der Waals surface area contributed by atoms with Crippen molar-refractivity contribution < 1.29 is 4.42 Å². The lowest BCUT2D eigenvalue weighted by Crippen LogP contribution is -2.42. The number of piperidine rings is 1. The third-order valence-electron chi connectivity index (χ3n) is 3.97. The minimum atomic E-state index is 0.294. The number of fused-ring (bicyclic) bond motifs is 1. The monoisotopic (exact) mass is 244 g/mol. The molecule has 1 unspecified atom stereocenters. The largest absolute Gasteiger partial charge is 0.461 e. The molecule has 2 heterocycles. The molecule has 18 heavy (non-hydrogen) atoms. The average Bonchev–Trinajstić information content (AvgIpc) is 2.65. The van der Waals surface area contributed by atoms with E-state index in [2.05, 4.69) is 24.0 Å². The average molecular weight is 244 g/mol. The molecule has 0 aliphatic carbocycles. The van der Waals surface area contributed by atoms with Gasteiger partial charge in [0.05, 0.1) is 0 Å². The van der Waals surface area contributed by atoms with Crippen molar-refractivity contribution in [3.8, 4) is 0 Å². The lowest BCUT2D eigenvalue weighted by Gasteiger charge is -2.33. The van der Waals surface area contributed by atoms with Gasteiger partial charge in [0, 0.05) is 35.8 Å². The SMILES string of the molecule is Cc1oc2cccc(N3CCCC(N)C3)c2c1C. The van der Waals surface area contributed by atoms with E-state index >= 15 is 0 Å². The highest BCUT2D eigenvalue weighted by Crippen LogP contribution is 2.34. The van der Waals surface area contributed by atoms with E-state index in [1.54, 1.807) is 0 Å². The Labute approximate surface area is 108 Å². The predicted octanol–water partition coefficient (Wildman–Crippen LogP) is 2.98. The van der Waals surface area contributed by atoms with E-state index in [9.17, 15) is 0 Å². The second kappa shape index (κ2) is 4.32. The van der Waals surface area contributed by atoms with Crippen LogP contribution in [0.15, 0.2) is 22.6 Å². The summed E-state index contributed by atoms with van der Waals surface area (Å²) >= 11 is 0. The fourth-order valence-corrected chi connectivity index (χ4v) is 2.89. The van der Waals surface area contributed by atoms with E-state index in [-0.39, 0.29) is 0 Å². The number of benzene rings is 1. The van der Waals surface area contributed by atoms with Gasteiger partial charge in [-0.25, -0.2) is 0 Å². The van der Waals surface area contributed by atoms with E-state index in [0.717, 1.165) is 30.9 Å². The fourth-order valence-electron chi connectivity index (χ4n) is 2.89. The van der Waals surface area contributed by atoms with Crippen LogP contribution in [0.5, 0.6) is 0 Å². The summed E-state index contributed by atoms with van der Waals surface area (Å²) in [5.41, 5.74) is 9.60. The van der Waals surface area contributed by atoms with Gasteiger partial charge in [0.25, 0.3) is 0 Å². The van der Waals surface area contributed by atoms with Crippen LogP contribution in [0.25, 0.3) is 11.0 Å². The van der Waals surface area contributed by atoms with Crippen LogP contribution in [-0.4, -0.2) is 19.1 Å². The summed E-state index contributed by atoms with van der Waals surface area (Å²) in [6, 6.07) is 6.59. The normalized spacial score (nSPS) is 20.6. The van der Waals surface area contributed by atoms with Gasteiger partial charge in [-0.1, -0.05) is 6.07 Å². The standard InChI is InChI=1S/C15H20N2O/c1-10-11(2)18-14-7-3-6-13(15(10)14)17-8-4-5-12(16)9-17/h3,6-7,12H,4-5,8-9,16H2,1-2H3. The molecule has 2 aromatic rings. The topological polar surface area (TPSA) is 42.4 Å². The van der Waals surface area contributed by atoms with Gasteiger partial charge in [0.1, 0.15) is 11.3 Å². The van der Waals surface area contributed by atoms with Crippen molar-refractivity contribution in [1.82, 2.24) is 0 Å². The van der Waals surface area contributed by atoms with Gasteiger partial charge in [-0.15, -0.1) is 0 Å². The summed E-state index contributed by atoms with van der Waals surface area (Å²) in [6.45, 7) is 6.20. The molecule has 2 N–H and O–H groups in total. The molecular formula is C15H20N2O. The summed E-state index contributed by atoms with van der Waals surface area (Å²) < 4.78 is 5.80. The Bertz CT molecular complexity index is 573. The maximum atomic E-state index is 6.08. The zero-order chi connectivity index (χ0) is 12.7. The Balaban J connectivity index is 2.10. The summed E-state index contributed by atoms with van der Waals surface area (Å²) in [4.78, 5) is 2.40. The molecule has 3 heteroatoms. The molecule has 0 saturated carbocycles. The van der Waals surface area contributed by atoms with Gasteiger partial charge in [0.15, 0.2) is 0 Å². The van der Waals surface area contributed by atoms with Crippen molar-refractivity contribution in [2.24, 2.45) is 5.73 Å². The minimum absolute atomic E-state index is 0.294. The fraction of sp³-hybridized carbons (Fsp3) is 0.467. The highest BCUT2D eigenvalue weighted by Gasteiger charge is 2.20. The number of rotatable bonds is 1. The molecule has 0 amide bonds. The summed E-state index contributed by atoms with van der Waals surface area (Å²) in [7, 11) is 0. The van der Waals surface area contributed by atoms with E-state index in [1.807, 2.05) is 13.0 Å². The van der Waals surface area contributed by atoms with E-state index < -0.39 is 0 Å². The van der Waals surface area contributed by atoms with Crippen molar-refractivity contribution in [2.75, 3.05) is 18.0 Å². The number of nitrogens with two attached hydrogens (primary N) is 1. The molecule has 0 bridgehead atoms. The molecule has 3 rings (SSSR count). The Kier molecular flexibility index (Phi) is 2.78. The van der Waals surface area contributed by atoms with E-state index in [0.29, 0.717) is 6.04 Å². The maximum absolute atomic E-state index is 6.08. The van der Waals surface area contributed by atoms with Crippen LogP contribution in [0, 0.1) is 13.8 Å². The molecule has 1 aromatic carbocycles. The molecule has 1 saturated heterocycles. The minimum Gasteiger partial charge on any atom is -0.461 e. The van der Waals surface area contributed by atoms with Gasteiger partial charge >= 0.3 is 0 Å². The second-order valence-electron chi connectivity index (χ2n) is 5.28. The van der Waals surface area contributed by atoms with Gasteiger partial charge in [0.2, 0.25) is 0 Å². The van der Waals surface area contributed by atoms with Crippen LogP contribution in [0.1, 0.15) is 24.2 Å². The summed E-state index contributed by atoms with van der Waals surface area (Å²) in [6.07, 6.45) is 2.31. The van der Waals surface area contributed by atoms with Crippen molar-refractivity contribution in [3.05, 3.63) is 29.5 Å². The predicted molar refractivity (Wildman–Crippen MR) is 75.1 cm³/mol. The molecule has 1 aliphatic rings. The Hall–Kier alpha value is -1.48. The van der Waals surface area contributed by atoms with Gasteiger partial charge in [-0.05, 0) is 38.8 Å². The van der Waals surface area contributed by atoms with Crippen molar-refractivity contribution in [3.63, 3.8) is 0 Å². The summed E-state index contributed by atoms with van der Waals surface area (Å²) in [5.74, 6) is 1.01. The van der Waals surface area contributed by atoms with E-state index in [1.165, 1.54) is 23.1 Å². The molecule has 3 nitrogen and oxygen atoms in total. The Morgan fingerprint density at radius 3 is 2.94 bits per heavy atom. The first-order valence-electron chi connectivity index (χ1n) is 6.66. The molecule has 0 spiro atoms. The molecule has 1 atom stereocenters. The van der Waals surface area contributed by atoms with E-state index in [4.69, 9.17) is 10.2 Å². The molecular weight excluding hydrogens is 224 g/mol. The van der Waals surface area contributed by atoms with Gasteiger partial charge in [-0.2, -0.15) is 0 Å². The number of furan rings is 1. The number of hydrogen-bond acceptors (Lipinski definition) is 3. The first-order valence-corrected chi connectivity index (χ1v) is 6.66. The molecule has 0 radical (unpaired) electrons. The van der Waals surface area contributed by atoms with Crippen molar-refractivity contribution >= 4 is 16.7 Å². The van der Waals surface area contributed by atoms with Crippen LogP contribution in [-0.2, 0) is 0 Å². The zero-order valence-electron chi connectivity index (χ0n) is 11.1. The maximum Gasteiger partial charge on any atom is 0.136 e. The van der Waals surface area contributed by atoms with Crippen molar-refractivity contribution in [1.29, 1.82) is 0 Å². The quantitative estimate of drug-likeness (QED) is 0.838. The molecule has 1 aliphatic heterocycles. The van der Waals surface area contributed by atoms with Crippen LogP contribution in [0.2, 0.25) is 0 Å². The second-order valence-corrected chi connectivity index (χ2v) is 5.28. The third kappa shape index (κ3) is 1.79. The van der Waals surface area contributed by atoms with Crippen molar-refractivity contribution in [2.45, 2.75) is 32.7 Å². The van der Waals surface area contributed by atoms with Gasteiger partial charge < -0.3 is 15.1 Å². The molecule has 1 fully saturated rings. The summed E-state index contributed by atoms with van der Waals surface area (Å²) in [5, 5.41) is 1.25. The number of nitrogens with zero attached hydrogens (tertiary/aromatic N) is 1. The first kappa shape index (κ1) is 11.6. The highest BCUT2D eigenvalue weighted by atomic mass is 16.3. The Morgan fingerprint density at radius 1 is 1.33 bits per heavy atom. The van der Waals surface area contributed by atoms with Crippen LogP contribution in [0.4, 0.5) is 5.69 Å². The third-order valence-corrected chi connectivity index (χ3v) is 3.97. The smallest absolute Gasteiger partial charge is 0.136 e. The lowest BCUT2D eigenvalue weighted by atomic mass is 10.0. The number of anilines is 1. The van der Waals surface area contributed by atoms with Crippen LogP contribution >= 0.6 is 0 Å². The first-order chi connectivity index (χ1) is 8.66. The van der Waals surface area contributed by atoms with Crippen LogP contribution in [0.3, 0.4) is 0 Å². The lowest BCUT2D eigenvalue weighted by molar-refractivity contribution is 0.507. The highest BCUT2D eigenvalue weighted by molar-refractivity contribution is 5.94. The number of aryl methyl sites for hydroxylation is 2.